The van der Waals surface area contributed by atoms with E-state index in [2.05, 4.69) is 18.5 Å². The largest absolute Gasteiger partial charge is 0.389 e. The van der Waals surface area contributed by atoms with E-state index < -0.39 is 6.10 Å². The van der Waals surface area contributed by atoms with Crippen LogP contribution in [0.4, 0.5) is 0 Å². The van der Waals surface area contributed by atoms with Crippen LogP contribution in [0.1, 0.15) is 75.6 Å². The molecule has 3 heteroatoms. The molecule has 2 rings (SSSR count). The summed E-state index contributed by atoms with van der Waals surface area (Å²) in [6.07, 6.45) is 6.61. The Morgan fingerprint density at radius 1 is 1.29 bits per heavy atom. The van der Waals surface area contributed by atoms with Crippen LogP contribution in [0.3, 0.4) is 0 Å². The van der Waals surface area contributed by atoms with Gasteiger partial charge in [-0.05, 0) is 32.6 Å². The molecule has 3 nitrogen and oxygen atoms in total. The predicted molar refractivity (Wildman–Crippen MR) is 69.1 cm³/mol. The van der Waals surface area contributed by atoms with Gasteiger partial charge in [0.1, 0.15) is 0 Å². The molecule has 1 unspecified atom stereocenters. The van der Waals surface area contributed by atoms with Crippen molar-refractivity contribution in [1.29, 1.82) is 0 Å². The van der Waals surface area contributed by atoms with E-state index in [4.69, 9.17) is 5.10 Å². The number of nitrogens with zero attached hydrogens (tertiary/aromatic N) is 2. The Balaban J connectivity index is 2.44. The molecule has 0 spiro atoms. The molecule has 0 amide bonds. The molecular weight excluding hydrogens is 212 g/mol. The molecule has 1 aromatic rings. The van der Waals surface area contributed by atoms with Crippen molar-refractivity contribution >= 4 is 0 Å². The summed E-state index contributed by atoms with van der Waals surface area (Å²) < 4.78 is 2.22. The van der Waals surface area contributed by atoms with Crippen LogP contribution in [0.25, 0.3) is 0 Å². The Kier molecular flexibility index (Phi) is 3.87. The number of rotatable bonds is 4. The van der Waals surface area contributed by atoms with E-state index in [-0.39, 0.29) is 0 Å². The Bertz CT molecular complexity index is 376. The summed E-state index contributed by atoms with van der Waals surface area (Å²) in [6, 6.07) is 0.572. The van der Waals surface area contributed by atoms with Gasteiger partial charge in [-0.15, -0.1) is 0 Å². The van der Waals surface area contributed by atoms with Gasteiger partial charge in [0.15, 0.2) is 0 Å². The summed E-state index contributed by atoms with van der Waals surface area (Å²) in [5.41, 5.74) is 3.43. The molecule has 1 aliphatic rings. The van der Waals surface area contributed by atoms with Gasteiger partial charge in [-0.2, -0.15) is 5.10 Å². The third-order valence-electron chi connectivity index (χ3n) is 3.88. The van der Waals surface area contributed by atoms with Crippen LogP contribution in [0.2, 0.25) is 0 Å². The van der Waals surface area contributed by atoms with Crippen LogP contribution in [-0.4, -0.2) is 14.9 Å². The topological polar surface area (TPSA) is 38.0 Å². The molecule has 17 heavy (non-hydrogen) atoms. The molecule has 1 N–H and O–H groups in total. The number of hydrogen-bond donors (Lipinski definition) is 1. The first-order valence-corrected chi connectivity index (χ1v) is 6.97. The summed E-state index contributed by atoms with van der Waals surface area (Å²) >= 11 is 0. The highest BCUT2D eigenvalue weighted by molar-refractivity contribution is 5.29. The highest BCUT2D eigenvalue weighted by Gasteiger charge is 2.25. The van der Waals surface area contributed by atoms with Gasteiger partial charge in [0, 0.05) is 11.3 Å². The summed E-state index contributed by atoms with van der Waals surface area (Å²) in [5.74, 6) is 0. The van der Waals surface area contributed by atoms with Gasteiger partial charge >= 0.3 is 0 Å². The molecule has 1 aromatic heterocycles. The van der Waals surface area contributed by atoms with Crippen LogP contribution in [-0.2, 0) is 12.8 Å². The van der Waals surface area contributed by atoms with Crippen molar-refractivity contribution in [3.05, 3.63) is 17.0 Å². The molecular formula is C14H24N2O. The molecule has 1 saturated carbocycles. The minimum Gasteiger partial charge on any atom is -0.389 e. The van der Waals surface area contributed by atoms with Crippen molar-refractivity contribution in [3.63, 3.8) is 0 Å². The third kappa shape index (κ3) is 2.25. The zero-order chi connectivity index (χ0) is 12.4. The lowest BCUT2D eigenvalue weighted by molar-refractivity contribution is 0.197. The standard InChI is InChI=1S/C14H24N2O/c1-4-12-14(10(3)17)13(5-2)16(15-12)11-8-6-7-9-11/h10-11,17H,4-9H2,1-3H3. The maximum atomic E-state index is 9.95. The van der Waals surface area contributed by atoms with Gasteiger partial charge in [-0.25, -0.2) is 0 Å². The fourth-order valence-electron chi connectivity index (χ4n) is 3.08. The van der Waals surface area contributed by atoms with Gasteiger partial charge in [0.05, 0.1) is 17.8 Å². The predicted octanol–water partition coefficient (Wildman–Crippen LogP) is 3.18. The number of aryl methyl sites for hydroxylation is 1. The summed E-state index contributed by atoms with van der Waals surface area (Å²) in [7, 11) is 0. The van der Waals surface area contributed by atoms with Crippen molar-refractivity contribution in [3.8, 4) is 0 Å². The normalized spacial score (nSPS) is 18.8. The molecule has 1 atom stereocenters. The summed E-state index contributed by atoms with van der Waals surface area (Å²) in [5, 5.41) is 14.7. The number of aliphatic hydroxyl groups excluding tert-OH is 1. The van der Waals surface area contributed by atoms with Crippen molar-refractivity contribution in [1.82, 2.24) is 9.78 Å². The molecule has 0 bridgehead atoms. The lowest BCUT2D eigenvalue weighted by Gasteiger charge is -2.15. The third-order valence-corrected chi connectivity index (χ3v) is 3.88. The maximum Gasteiger partial charge on any atom is 0.0798 e. The highest BCUT2D eigenvalue weighted by Crippen LogP contribution is 2.33. The van der Waals surface area contributed by atoms with Crippen LogP contribution in [0.5, 0.6) is 0 Å². The van der Waals surface area contributed by atoms with Gasteiger partial charge in [-0.3, -0.25) is 4.68 Å². The van der Waals surface area contributed by atoms with Crippen molar-refractivity contribution in [2.45, 2.75) is 71.4 Å². The zero-order valence-electron chi connectivity index (χ0n) is 11.2. The molecule has 0 radical (unpaired) electrons. The quantitative estimate of drug-likeness (QED) is 0.872. The average molecular weight is 236 g/mol. The Morgan fingerprint density at radius 3 is 2.41 bits per heavy atom. The van der Waals surface area contributed by atoms with Gasteiger partial charge in [0.25, 0.3) is 0 Å². The first-order chi connectivity index (χ1) is 8.19. The first-order valence-electron chi connectivity index (χ1n) is 6.97. The van der Waals surface area contributed by atoms with E-state index in [0.717, 1.165) is 24.1 Å². The molecule has 96 valence electrons. The molecule has 0 aliphatic heterocycles. The second kappa shape index (κ2) is 5.21. The molecule has 0 saturated heterocycles. The van der Waals surface area contributed by atoms with Crippen molar-refractivity contribution in [2.24, 2.45) is 0 Å². The van der Waals surface area contributed by atoms with Crippen molar-refractivity contribution in [2.75, 3.05) is 0 Å². The average Bonchev–Trinajstić information content (AvgIpc) is 2.94. The number of aliphatic hydroxyl groups is 1. The highest BCUT2D eigenvalue weighted by atomic mass is 16.3. The van der Waals surface area contributed by atoms with E-state index in [1.165, 1.54) is 31.4 Å². The van der Waals surface area contributed by atoms with E-state index in [0.29, 0.717) is 6.04 Å². The van der Waals surface area contributed by atoms with Gasteiger partial charge in [0.2, 0.25) is 0 Å². The summed E-state index contributed by atoms with van der Waals surface area (Å²) in [4.78, 5) is 0. The van der Waals surface area contributed by atoms with Gasteiger partial charge < -0.3 is 5.11 Å². The van der Waals surface area contributed by atoms with E-state index in [1.54, 1.807) is 0 Å². The van der Waals surface area contributed by atoms with Gasteiger partial charge in [-0.1, -0.05) is 26.7 Å². The fraction of sp³-hybridized carbons (Fsp3) is 0.786. The Morgan fingerprint density at radius 2 is 1.94 bits per heavy atom. The minimum atomic E-state index is -0.393. The molecule has 0 aromatic carbocycles. The monoisotopic (exact) mass is 236 g/mol. The lowest BCUT2D eigenvalue weighted by Crippen LogP contribution is -2.11. The molecule has 1 heterocycles. The van der Waals surface area contributed by atoms with E-state index >= 15 is 0 Å². The smallest absolute Gasteiger partial charge is 0.0798 e. The van der Waals surface area contributed by atoms with Crippen molar-refractivity contribution < 1.29 is 5.11 Å². The second-order valence-corrected chi connectivity index (χ2v) is 5.07. The number of hydrogen-bond acceptors (Lipinski definition) is 2. The first kappa shape index (κ1) is 12.6. The second-order valence-electron chi connectivity index (χ2n) is 5.07. The van der Waals surface area contributed by atoms with Crippen LogP contribution < -0.4 is 0 Å². The zero-order valence-corrected chi connectivity index (χ0v) is 11.2. The Labute approximate surface area is 104 Å². The number of aromatic nitrogens is 2. The SMILES string of the molecule is CCc1nn(C2CCCC2)c(CC)c1C(C)O. The summed E-state index contributed by atoms with van der Waals surface area (Å²) in [6.45, 7) is 6.13. The van der Waals surface area contributed by atoms with Crippen LogP contribution in [0.15, 0.2) is 0 Å². The fourth-order valence-corrected chi connectivity index (χ4v) is 3.08. The van der Waals surface area contributed by atoms with E-state index in [9.17, 15) is 5.11 Å². The maximum absolute atomic E-state index is 9.95. The molecule has 1 aliphatic carbocycles. The van der Waals surface area contributed by atoms with E-state index in [1.807, 2.05) is 6.92 Å². The van der Waals surface area contributed by atoms with Crippen LogP contribution in [0, 0.1) is 0 Å². The lowest BCUT2D eigenvalue weighted by atomic mass is 10.0. The minimum absolute atomic E-state index is 0.393. The van der Waals surface area contributed by atoms with Crippen LogP contribution >= 0.6 is 0 Å². The Hall–Kier alpha value is -0.830. The molecule has 1 fully saturated rings.